The number of hydrogen-bond acceptors (Lipinski definition) is 7. The number of nitrogens with one attached hydrogen (secondary N) is 1. The second kappa shape index (κ2) is 7.58. The molecule has 0 aliphatic carbocycles. The third-order valence-corrected chi connectivity index (χ3v) is 5.11. The fraction of sp³-hybridized carbons (Fsp3) is 0.353. The van der Waals surface area contributed by atoms with Gasteiger partial charge < -0.3 is 20.9 Å². The number of nitrogens with two attached hydrogens (primary N) is 1. The summed E-state index contributed by atoms with van der Waals surface area (Å²) in [6, 6.07) is 7.68. The van der Waals surface area contributed by atoms with Crippen LogP contribution in [0.4, 0.5) is 5.82 Å². The first-order chi connectivity index (χ1) is 12.3. The van der Waals surface area contributed by atoms with Crippen LogP contribution in [-0.2, 0) is 16.5 Å². The number of ether oxygens (including phenoxy) is 1. The second-order valence-corrected chi connectivity index (χ2v) is 7.64. The summed E-state index contributed by atoms with van der Waals surface area (Å²) in [6.07, 6.45) is 2.11. The molecule has 0 amide bonds. The molecule has 26 heavy (non-hydrogen) atoms. The molecule has 0 saturated carbocycles. The van der Waals surface area contributed by atoms with E-state index in [-0.39, 0.29) is 11.0 Å². The molecule has 140 valence electrons. The van der Waals surface area contributed by atoms with E-state index < -0.39 is 16.2 Å². The number of hydrogen-bond donors (Lipinski definition) is 4. The number of aromatic nitrogens is 1. The van der Waals surface area contributed by atoms with Gasteiger partial charge in [-0.25, -0.2) is 4.98 Å². The first-order valence-electron chi connectivity index (χ1n) is 8.20. The van der Waals surface area contributed by atoms with Crippen LogP contribution in [-0.4, -0.2) is 42.3 Å². The summed E-state index contributed by atoms with van der Waals surface area (Å²) in [6.45, 7) is 0.888. The third kappa shape index (κ3) is 4.50. The molecule has 9 heteroatoms. The molecule has 1 aliphatic heterocycles. The normalized spacial score (nSPS) is 18.0. The number of nitrogen functional groups attached to an aromatic ring is 1. The number of pyridine rings is 1. The maximum Gasteiger partial charge on any atom is 0.294 e. The summed E-state index contributed by atoms with van der Waals surface area (Å²) in [4.78, 5) is 3.82. The van der Waals surface area contributed by atoms with Gasteiger partial charge in [0.25, 0.3) is 10.1 Å². The zero-order chi connectivity index (χ0) is 18.7. The van der Waals surface area contributed by atoms with E-state index in [1.807, 2.05) is 0 Å². The quantitative estimate of drug-likeness (QED) is 0.545. The molecule has 2 atom stereocenters. The zero-order valence-corrected chi connectivity index (χ0v) is 14.8. The van der Waals surface area contributed by atoms with Gasteiger partial charge >= 0.3 is 0 Å². The minimum atomic E-state index is -4.21. The molecule has 1 aromatic carbocycles. The lowest BCUT2D eigenvalue weighted by Crippen LogP contribution is -2.36. The molecule has 5 N–H and O–H groups in total. The number of anilines is 1. The summed E-state index contributed by atoms with van der Waals surface area (Å²) < 4.78 is 37.3. The summed E-state index contributed by atoms with van der Waals surface area (Å²) >= 11 is 0. The highest BCUT2D eigenvalue weighted by Gasteiger charge is 2.22. The van der Waals surface area contributed by atoms with Crippen molar-refractivity contribution < 1.29 is 22.8 Å². The Kier molecular flexibility index (Phi) is 5.42. The minimum Gasteiger partial charge on any atom is -0.489 e. The van der Waals surface area contributed by atoms with Crippen LogP contribution in [0.25, 0.3) is 0 Å². The van der Waals surface area contributed by atoms with Crippen LogP contribution in [0.1, 0.15) is 23.7 Å². The van der Waals surface area contributed by atoms with Gasteiger partial charge in [-0.3, -0.25) is 4.55 Å². The Bertz CT molecular complexity index is 870. The molecule has 3 rings (SSSR count). The fourth-order valence-electron chi connectivity index (χ4n) is 2.84. The van der Waals surface area contributed by atoms with E-state index in [4.69, 9.17) is 15.0 Å². The van der Waals surface area contributed by atoms with Gasteiger partial charge in [-0.05, 0) is 42.7 Å². The average Bonchev–Trinajstić information content (AvgIpc) is 2.61. The molecule has 1 aromatic heterocycles. The van der Waals surface area contributed by atoms with Crippen molar-refractivity contribution in [3.63, 3.8) is 0 Å². The highest BCUT2D eigenvalue weighted by atomic mass is 32.2. The van der Waals surface area contributed by atoms with Crippen LogP contribution in [0, 0.1) is 0 Å². The van der Waals surface area contributed by atoms with E-state index in [2.05, 4.69) is 10.3 Å². The number of aliphatic hydroxyl groups excluding tert-OH is 1. The molecule has 0 radical (unpaired) electrons. The Morgan fingerprint density at radius 2 is 2.15 bits per heavy atom. The SMILES string of the molecule is Nc1ccc([C@@H](O)CNCC2CCc3cc(S(=O)(=O)O)ccc3O2)cn1. The monoisotopic (exact) mass is 379 g/mol. The van der Waals surface area contributed by atoms with Crippen LogP contribution in [0.5, 0.6) is 5.75 Å². The molecule has 2 aromatic rings. The van der Waals surface area contributed by atoms with Crippen LogP contribution in [0.3, 0.4) is 0 Å². The van der Waals surface area contributed by atoms with E-state index in [9.17, 15) is 13.5 Å². The zero-order valence-electron chi connectivity index (χ0n) is 14.0. The largest absolute Gasteiger partial charge is 0.489 e. The first-order valence-corrected chi connectivity index (χ1v) is 9.64. The summed E-state index contributed by atoms with van der Waals surface area (Å²) in [5.41, 5.74) is 6.96. The summed E-state index contributed by atoms with van der Waals surface area (Å²) in [5, 5.41) is 13.3. The number of benzene rings is 1. The Morgan fingerprint density at radius 1 is 1.35 bits per heavy atom. The van der Waals surface area contributed by atoms with E-state index in [0.29, 0.717) is 43.1 Å². The molecule has 1 aliphatic rings. The second-order valence-electron chi connectivity index (χ2n) is 6.21. The van der Waals surface area contributed by atoms with Crippen molar-refractivity contribution in [3.05, 3.63) is 47.7 Å². The Balaban J connectivity index is 1.52. The molecular weight excluding hydrogens is 358 g/mol. The molecule has 8 nitrogen and oxygen atoms in total. The number of aryl methyl sites for hydroxylation is 1. The maximum absolute atomic E-state index is 11.2. The van der Waals surface area contributed by atoms with Gasteiger partial charge in [0.15, 0.2) is 0 Å². The highest BCUT2D eigenvalue weighted by molar-refractivity contribution is 7.85. The minimum absolute atomic E-state index is 0.0872. The van der Waals surface area contributed by atoms with E-state index in [1.54, 1.807) is 24.4 Å². The Hall–Kier alpha value is -2.20. The smallest absolute Gasteiger partial charge is 0.294 e. The van der Waals surface area contributed by atoms with Crippen molar-refractivity contribution in [3.8, 4) is 5.75 Å². The van der Waals surface area contributed by atoms with E-state index in [1.165, 1.54) is 12.1 Å². The van der Waals surface area contributed by atoms with Crippen molar-refractivity contribution >= 4 is 15.9 Å². The molecule has 0 saturated heterocycles. The van der Waals surface area contributed by atoms with E-state index >= 15 is 0 Å². The number of fused-ring (bicyclic) bond motifs is 1. The maximum atomic E-state index is 11.2. The standard InChI is InChI=1S/C17H21N3O5S/c18-17-6-2-12(8-20-17)15(21)10-19-9-13-3-1-11-7-14(26(22,23)24)4-5-16(11)25-13/h2,4-8,13,15,19,21H,1,3,9-10H2,(H2,18,20)(H,22,23,24)/t13?,15-/m0/s1. The van der Waals surface area contributed by atoms with E-state index in [0.717, 1.165) is 5.56 Å². The lowest BCUT2D eigenvalue weighted by Gasteiger charge is -2.27. The molecular formula is C17H21N3O5S. The van der Waals surface area contributed by atoms with Crippen LogP contribution < -0.4 is 15.8 Å². The van der Waals surface area contributed by atoms with Crippen LogP contribution in [0.2, 0.25) is 0 Å². The van der Waals surface area contributed by atoms with Gasteiger partial charge in [0, 0.05) is 24.8 Å². The molecule has 0 fully saturated rings. The Labute approximate surface area is 151 Å². The summed E-state index contributed by atoms with van der Waals surface area (Å²) in [5.74, 6) is 1.01. The predicted molar refractivity (Wildman–Crippen MR) is 95.5 cm³/mol. The van der Waals surface area contributed by atoms with Crippen molar-refractivity contribution in [2.75, 3.05) is 18.8 Å². The molecule has 1 unspecified atom stereocenters. The topological polar surface area (TPSA) is 135 Å². The van der Waals surface area contributed by atoms with Gasteiger partial charge in [-0.2, -0.15) is 8.42 Å². The number of rotatable bonds is 6. The average molecular weight is 379 g/mol. The summed E-state index contributed by atoms with van der Waals surface area (Å²) in [7, 11) is -4.21. The van der Waals surface area contributed by atoms with Crippen LogP contribution in [0.15, 0.2) is 41.4 Å². The van der Waals surface area contributed by atoms with Gasteiger partial charge in [-0.15, -0.1) is 0 Å². The number of nitrogens with zero attached hydrogens (tertiary/aromatic N) is 1. The molecule has 0 spiro atoms. The van der Waals surface area contributed by atoms with Crippen molar-refractivity contribution in [2.24, 2.45) is 0 Å². The van der Waals surface area contributed by atoms with Crippen molar-refractivity contribution in [1.82, 2.24) is 10.3 Å². The van der Waals surface area contributed by atoms with Crippen molar-refractivity contribution in [2.45, 2.75) is 29.9 Å². The van der Waals surface area contributed by atoms with Gasteiger partial charge in [-0.1, -0.05) is 6.07 Å². The lowest BCUT2D eigenvalue weighted by molar-refractivity contribution is 0.146. The highest BCUT2D eigenvalue weighted by Crippen LogP contribution is 2.29. The Morgan fingerprint density at radius 3 is 2.85 bits per heavy atom. The van der Waals surface area contributed by atoms with Gasteiger partial charge in [0.05, 0.1) is 11.0 Å². The van der Waals surface area contributed by atoms with Crippen molar-refractivity contribution in [1.29, 1.82) is 0 Å². The molecule has 0 bridgehead atoms. The molecule has 2 heterocycles. The number of aliphatic hydroxyl groups is 1. The third-order valence-electron chi connectivity index (χ3n) is 4.26. The van der Waals surface area contributed by atoms with Gasteiger partial charge in [0.2, 0.25) is 0 Å². The predicted octanol–water partition coefficient (Wildman–Crippen LogP) is 0.927. The van der Waals surface area contributed by atoms with Gasteiger partial charge in [0.1, 0.15) is 17.7 Å². The first kappa shape index (κ1) is 18.6. The van der Waals surface area contributed by atoms with Crippen LogP contribution >= 0.6 is 0 Å². The fourth-order valence-corrected chi connectivity index (χ4v) is 3.37. The lowest BCUT2D eigenvalue weighted by atomic mass is 10.0.